The molecular formula is C9H17O7P. The van der Waals surface area contributed by atoms with Gasteiger partial charge in [-0.1, -0.05) is 0 Å². The fourth-order valence-corrected chi connectivity index (χ4v) is 2.05. The maximum Gasteiger partial charge on any atom is 0.363 e. The van der Waals surface area contributed by atoms with Gasteiger partial charge in [0, 0.05) is 18.8 Å². The van der Waals surface area contributed by atoms with E-state index in [4.69, 9.17) is 24.4 Å². The Balaban J connectivity index is 5.43. The van der Waals surface area contributed by atoms with Gasteiger partial charge in [0.25, 0.3) is 0 Å². The predicted octanol–water partition coefficient (Wildman–Crippen LogP) is 0.922. The SMILES string of the molecule is CCOC(OCC)/C(C)=C(\C(=O)O)P(=O)(O)O. The van der Waals surface area contributed by atoms with E-state index in [1.54, 1.807) is 13.8 Å². The van der Waals surface area contributed by atoms with E-state index in [1.807, 2.05) is 0 Å². The van der Waals surface area contributed by atoms with Crippen LogP contribution in [0.4, 0.5) is 0 Å². The van der Waals surface area contributed by atoms with E-state index in [0.717, 1.165) is 0 Å². The molecule has 0 atom stereocenters. The van der Waals surface area contributed by atoms with Crippen LogP contribution in [-0.4, -0.2) is 40.4 Å². The molecule has 0 radical (unpaired) electrons. The number of aliphatic carboxylic acids is 1. The van der Waals surface area contributed by atoms with Crippen molar-refractivity contribution >= 4 is 13.6 Å². The lowest BCUT2D eigenvalue weighted by molar-refractivity contribution is -0.133. The van der Waals surface area contributed by atoms with Crippen LogP contribution in [0.5, 0.6) is 0 Å². The van der Waals surface area contributed by atoms with Gasteiger partial charge in [0.15, 0.2) is 11.6 Å². The second-order valence-electron chi connectivity index (χ2n) is 3.12. The highest BCUT2D eigenvalue weighted by Gasteiger charge is 2.33. The zero-order valence-electron chi connectivity index (χ0n) is 9.91. The summed E-state index contributed by atoms with van der Waals surface area (Å²) in [7, 11) is -4.87. The molecule has 3 N–H and O–H groups in total. The van der Waals surface area contributed by atoms with Crippen LogP contribution in [0.2, 0.25) is 0 Å². The van der Waals surface area contributed by atoms with Gasteiger partial charge >= 0.3 is 13.6 Å². The summed E-state index contributed by atoms with van der Waals surface area (Å²) >= 11 is 0. The average molecular weight is 268 g/mol. The molecule has 0 saturated carbocycles. The second kappa shape index (κ2) is 6.88. The standard InChI is InChI=1S/C9H17O7P/c1-4-15-9(16-5-2)6(3)7(8(10)11)17(12,13)14/h9H,4-5H2,1-3H3,(H,10,11)(H2,12,13,14)/b7-6+. The molecule has 0 unspecified atom stereocenters. The van der Waals surface area contributed by atoms with Crippen molar-refractivity contribution in [2.45, 2.75) is 27.1 Å². The lowest BCUT2D eigenvalue weighted by Crippen LogP contribution is -2.22. The van der Waals surface area contributed by atoms with Crippen LogP contribution in [0.25, 0.3) is 0 Å². The summed E-state index contributed by atoms with van der Waals surface area (Å²) in [6.07, 6.45) is -1.07. The maximum absolute atomic E-state index is 11.1. The van der Waals surface area contributed by atoms with Crippen molar-refractivity contribution in [2.24, 2.45) is 0 Å². The van der Waals surface area contributed by atoms with Crippen molar-refractivity contribution in [1.82, 2.24) is 0 Å². The molecule has 7 nitrogen and oxygen atoms in total. The molecule has 0 aliphatic carbocycles. The van der Waals surface area contributed by atoms with Gasteiger partial charge in [-0.2, -0.15) is 0 Å². The predicted molar refractivity (Wildman–Crippen MR) is 59.4 cm³/mol. The maximum atomic E-state index is 11.1. The molecular weight excluding hydrogens is 251 g/mol. The Morgan fingerprint density at radius 3 is 1.88 bits per heavy atom. The van der Waals surface area contributed by atoms with Crippen molar-refractivity contribution in [3.63, 3.8) is 0 Å². The molecule has 8 heteroatoms. The van der Waals surface area contributed by atoms with Crippen LogP contribution < -0.4 is 0 Å². The van der Waals surface area contributed by atoms with E-state index in [0.29, 0.717) is 0 Å². The minimum absolute atomic E-state index is 0.130. The summed E-state index contributed by atoms with van der Waals surface area (Å²) in [5, 5.41) is 7.82. The number of carbonyl (C=O) groups is 1. The number of carboxylic acid groups (broad SMARTS) is 1. The second-order valence-corrected chi connectivity index (χ2v) is 4.66. The van der Waals surface area contributed by atoms with Gasteiger partial charge in [0.1, 0.15) is 0 Å². The van der Waals surface area contributed by atoms with Crippen LogP contribution in [0.3, 0.4) is 0 Å². The molecule has 0 aromatic carbocycles. The first-order valence-electron chi connectivity index (χ1n) is 4.99. The third kappa shape index (κ3) is 4.97. The van der Waals surface area contributed by atoms with E-state index in [2.05, 4.69) is 0 Å². The molecule has 0 aromatic rings. The highest BCUT2D eigenvalue weighted by atomic mass is 31.2. The van der Waals surface area contributed by atoms with Crippen LogP contribution in [0.1, 0.15) is 20.8 Å². The quantitative estimate of drug-likeness (QED) is 0.357. The van der Waals surface area contributed by atoms with E-state index >= 15 is 0 Å². The fourth-order valence-electron chi connectivity index (χ4n) is 1.24. The van der Waals surface area contributed by atoms with E-state index in [1.165, 1.54) is 6.92 Å². The summed E-state index contributed by atoms with van der Waals surface area (Å²) in [6, 6.07) is 0. The largest absolute Gasteiger partial charge is 0.477 e. The van der Waals surface area contributed by atoms with Crippen molar-refractivity contribution < 1.29 is 33.7 Å². The molecule has 17 heavy (non-hydrogen) atoms. The smallest absolute Gasteiger partial charge is 0.363 e. The van der Waals surface area contributed by atoms with Gasteiger partial charge in [-0.05, 0) is 20.8 Å². The molecule has 0 aromatic heterocycles. The molecule has 0 fully saturated rings. The van der Waals surface area contributed by atoms with Crippen molar-refractivity contribution in [2.75, 3.05) is 13.2 Å². The highest BCUT2D eigenvalue weighted by Crippen LogP contribution is 2.47. The minimum Gasteiger partial charge on any atom is -0.477 e. The first-order valence-corrected chi connectivity index (χ1v) is 6.60. The first-order chi connectivity index (χ1) is 7.75. The molecule has 0 spiro atoms. The van der Waals surface area contributed by atoms with E-state index in [-0.39, 0.29) is 18.8 Å². The Morgan fingerprint density at radius 2 is 1.65 bits per heavy atom. The molecule has 0 heterocycles. The van der Waals surface area contributed by atoms with Gasteiger partial charge in [0.2, 0.25) is 0 Å². The molecule has 0 rings (SSSR count). The summed E-state index contributed by atoms with van der Waals surface area (Å²) in [6.45, 7) is 5.05. The van der Waals surface area contributed by atoms with Gasteiger partial charge in [-0.3, -0.25) is 4.57 Å². The average Bonchev–Trinajstić information content (AvgIpc) is 2.14. The van der Waals surface area contributed by atoms with Gasteiger partial charge < -0.3 is 24.4 Å². The van der Waals surface area contributed by atoms with Crippen molar-refractivity contribution in [3.05, 3.63) is 10.9 Å². The summed E-state index contributed by atoms with van der Waals surface area (Å²) in [5.74, 6) is -1.68. The Hall–Kier alpha value is -0.720. The fraction of sp³-hybridized carbons (Fsp3) is 0.667. The summed E-state index contributed by atoms with van der Waals surface area (Å²) in [5.41, 5.74) is -0.130. The first kappa shape index (κ1) is 16.3. The summed E-state index contributed by atoms with van der Waals surface area (Å²) in [4.78, 5) is 28.8. The zero-order valence-corrected chi connectivity index (χ0v) is 10.8. The van der Waals surface area contributed by atoms with Crippen molar-refractivity contribution in [1.29, 1.82) is 0 Å². The number of rotatable bonds is 7. The van der Waals surface area contributed by atoms with E-state index < -0.39 is 25.2 Å². The normalized spacial score (nSPS) is 13.8. The molecule has 0 amide bonds. The Bertz CT molecular complexity index is 337. The zero-order chi connectivity index (χ0) is 13.6. The monoisotopic (exact) mass is 268 g/mol. The van der Waals surface area contributed by atoms with Gasteiger partial charge in [-0.15, -0.1) is 0 Å². The number of hydrogen-bond acceptors (Lipinski definition) is 4. The van der Waals surface area contributed by atoms with Crippen molar-refractivity contribution in [3.8, 4) is 0 Å². The van der Waals surface area contributed by atoms with Crippen LogP contribution >= 0.6 is 7.60 Å². The molecule has 0 aliphatic heterocycles. The van der Waals surface area contributed by atoms with Crippen LogP contribution in [-0.2, 0) is 18.8 Å². The molecule has 0 bridgehead atoms. The van der Waals surface area contributed by atoms with Gasteiger partial charge in [0.05, 0.1) is 0 Å². The van der Waals surface area contributed by atoms with Gasteiger partial charge in [-0.25, -0.2) is 4.79 Å². The third-order valence-corrected chi connectivity index (χ3v) is 2.98. The number of hydrogen-bond donors (Lipinski definition) is 3. The molecule has 100 valence electrons. The van der Waals surface area contributed by atoms with Crippen LogP contribution in [0, 0.1) is 0 Å². The lowest BCUT2D eigenvalue weighted by Gasteiger charge is -2.20. The highest BCUT2D eigenvalue weighted by molar-refractivity contribution is 7.58. The van der Waals surface area contributed by atoms with E-state index in [9.17, 15) is 9.36 Å². The third-order valence-electron chi connectivity index (χ3n) is 1.86. The topological polar surface area (TPSA) is 113 Å². The minimum atomic E-state index is -4.87. The Labute approximate surface area is 99.2 Å². The Kier molecular flexibility index (Phi) is 6.59. The number of carboxylic acids is 1. The summed E-state index contributed by atoms with van der Waals surface area (Å²) < 4.78 is 21.2. The lowest BCUT2D eigenvalue weighted by atomic mass is 10.2. The van der Waals surface area contributed by atoms with Crippen LogP contribution in [0.15, 0.2) is 10.9 Å². The Morgan fingerprint density at radius 1 is 1.24 bits per heavy atom. The number of ether oxygens (including phenoxy) is 2. The molecule has 0 saturated heterocycles. The molecule has 0 aliphatic rings.